The molecule has 2 aromatic heterocycles. The zero-order valence-electron chi connectivity index (χ0n) is 17.6. The Hall–Kier alpha value is -4.05. The van der Waals surface area contributed by atoms with E-state index in [-0.39, 0.29) is 18.4 Å². The standard InChI is InChI=1S/C25H21N5O2/c1-15-8-17(4-6-27-15)25-21-14-28-19(10-18(21)13-29-25)11-24(31)30-22-5-7-32-23-9-16(12-26)2-3-20(22)23/h2-4,6,8-10,14,22H,5,7,11,13H2,1H3,(H,30,31)/t22-/m1/s1. The summed E-state index contributed by atoms with van der Waals surface area (Å²) in [6.45, 7) is 3.04. The van der Waals surface area contributed by atoms with Gasteiger partial charge in [-0.1, -0.05) is 6.07 Å². The molecule has 7 nitrogen and oxygen atoms in total. The number of nitrogens with one attached hydrogen (secondary N) is 1. The highest BCUT2D eigenvalue weighted by Crippen LogP contribution is 2.32. The summed E-state index contributed by atoms with van der Waals surface area (Å²) in [7, 11) is 0. The SMILES string of the molecule is Cc1cc(C2=NCc3cc(CC(=O)N[C@@H]4CCOc5cc(C#N)ccc54)ncc32)ccn1. The largest absolute Gasteiger partial charge is 0.493 e. The van der Waals surface area contributed by atoms with Gasteiger partial charge in [-0.05, 0) is 42.8 Å². The fourth-order valence-electron chi connectivity index (χ4n) is 4.20. The molecular formula is C25H21N5O2. The lowest BCUT2D eigenvalue weighted by molar-refractivity contribution is -0.121. The maximum atomic E-state index is 12.8. The number of rotatable bonds is 4. The second-order valence-electron chi connectivity index (χ2n) is 7.98. The predicted octanol–water partition coefficient (Wildman–Crippen LogP) is 3.19. The van der Waals surface area contributed by atoms with Crippen molar-refractivity contribution in [2.24, 2.45) is 4.99 Å². The van der Waals surface area contributed by atoms with Crippen molar-refractivity contribution >= 4 is 11.6 Å². The maximum Gasteiger partial charge on any atom is 0.226 e. The highest BCUT2D eigenvalue weighted by Gasteiger charge is 2.24. The summed E-state index contributed by atoms with van der Waals surface area (Å²) in [5, 5.41) is 12.2. The van der Waals surface area contributed by atoms with Gasteiger partial charge in [-0.2, -0.15) is 5.26 Å². The van der Waals surface area contributed by atoms with E-state index in [0.717, 1.165) is 39.4 Å². The third-order valence-electron chi connectivity index (χ3n) is 5.74. The van der Waals surface area contributed by atoms with Crippen LogP contribution >= 0.6 is 0 Å². The molecule has 0 saturated carbocycles. The first-order valence-corrected chi connectivity index (χ1v) is 10.5. The quantitative estimate of drug-likeness (QED) is 0.695. The first kappa shape index (κ1) is 19.9. The Morgan fingerprint density at radius 3 is 3.00 bits per heavy atom. The van der Waals surface area contributed by atoms with Crippen molar-refractivity contribution in [2.75, 3.05) is 6.61 Å². The Balaban J connectivity index is 1.29. The molecule has 4 heterocycles. The Labute approximate surface area is 185 Å². The smallest absolute Gasteiger partial charge is 0.226 e. The van der Waals surface area contributed by atoms with Crippen LogP contribution in [0.2, 0.25) is 0 Å². The summed E-state index contributed by atoms with van der Waals surface area (Å²) >= 11 is 0. The van der Waals surface area contributed by atoms with E-state index in [2.05, 4.69) is 26.3 Å². The number of ether oxygens (including phenoxy) is 1. The number of aryl methyl sites for hydroxylation is 1. The number of hydrogen-bond acceptors (Lipinski definition) is 6. The van der Waals surface area contributed by atoms with E-state index in [9.17, 15) is 4.79 Å². The number of aromatic nitrogens is 2. The lowest BCUT2D eigenvalue weighted by atomic mass is 9.98. The molecule has 1 atom stereocenters. The van der Waals surface area contributed by atoms with Crippen LogP contribution in [0.15, 0.2) is 53.8 Å². The second-order valence-corrected chi connectivity index (χ2v) is 7.98. The van der Waals surface area contributed by atoms with Crippen molar-refractivity contribution in [1.82, 2.24) is 15.3 Å². The van der Waals surface area contributed by atoms with Crippen LogP contribution in [0, 0.1) is 18.3 Å². The number of carbonyl (C=O) groups is 1. The van der Waals surface area contributed by atoms with Crippen LogP contribution in [0.3, 0.4) is 0 Å². The van der Waals surface area contributed by atoms with Crippen LogP contribution in [-0.2, 0) is 17.8 Å². The van der Waals surface area contributed by atoms with Crippen LogP contribution in [0.4, 0.5) is 0 Å². The minimum atomic E-state index is -0.140. The van der Waals surface area contributed by atoms with Crippen molar-refractivity contribution in [3.63, 3.8) is 0 Å². The van der Waals surface area contributed by atoms with Crippen molar-refractivity contribution in [3.05, 3.63) is 88.0 Å². The molecule has 1 aromatic carbocycles. The first-order chi connectivity index (χ1) is 15.6. The molecule has 158 valence electrons. The predicted molar refractivity (Wildman–Crippen MR) is 118 cm³/mol. The summed E-state index contributed by atoms with van der Waals surface area (Å²) in [5.74, 6) is 0.566. The molecule has 32 heavy (non-hydrogen) atoms. The summed E-state index contributed by atoms with van der Waals surface area (Å²) in [6.07, 6.45) is 4.48. The van der Waals surface area contributed by atoms with E-state index in [1.54, 1.807) is 18.3 Å². The van der Waals surface area contributed by atoms with E-state index < -0.39 is 0 Å². The van der Waals surface area contributed by atoms with Crippen LogP contribution in [0.1, 0.15) is 51.7 Å². The minimum absolute atomic E-state index is 0.0939. The summed E-state index contributed by atoms with van der Waals surface area (Å²) in [5.41, 5.74) is 7.14. The van der Waals surface area contributed by atoms with E-state index in [1.165, 1.54) is 0 Å². The number of amides is 1. The maximum absolute atomic E-state index is 12.8. The first-order valence-electron chi connectivity index (χ1n) is 10.5. The monoisotopic (exact) mass is 423 g/mol. The van der Waals surface area contributed by atoms with Crippen molar-refractivity contribution in [1.29, 1.82) is 5.26 Å². The molecule has 1 N–H and O–H groups in total. The van der Waals surface area contributed by atoms with E-state index in [1.807, 2.05) is 37.4 Å². The van der Waals surface area contributed by atoms with E-state index in [0.29, 0.717) is 30.9 Å². The summed E-state index contributed by atoms with van der Waals surface area (Å²) < 4.78 is 5.67. The van der Waals surface area contributed by atoms with Gasteiger partial charge in [0.2, 0.25) is 5.91 Å². The Morgan fingerprint density at radius 2 is 2.16 bits per heavy atom. The summed E-state index contributed by atoms with van der Waals surface area (Å²) in [6, 6.07) is 13.2. The lowest BCUT2D eigenvalue weighted by Gasteiger charge is -2.26. The van der Waals surface area contributed by atoms with Gasteiger partial charge in [0.05, 0.1) is 48.7 Å². The number of carbonyl (C=O) groups excluding carboxylic acids is 1. The molecule has 2 aliphatic rings. The van der Waals surface area contributed by atoms with Crippen LogP contribution in [0.25, 0.3) is 0 Å². The van der Waals surface area contributed by atoms with E-state index >= 15 is 0 Å². The van der Waals surface area contributed by atoms with Crippen LogP contribution in [0.5, 0.6) is 5.75 Å². The van der Waals surface area contributed by atoms with Gasteiger partial charge in [0.1, 0.15) is 5.75 Å². The van der Waals surface area contributed by atoms with Gasteiger partial charge in [0, 0.05) is 41.2 Å². The highest BCUT2D eigenvalue weighted by atomic mass is 16.5. The molecule has 0 aliphatic carbocycles. The fraction of sp³-hybridized carbons (Fsp3) is 0.240. The number of fused-ring (bicyclic) bond motifs is 2. The minimum Gasteiger partial charge on any atom is -0.493 e. The zero-order valence-corrected chi connectivity index (χ0v) is 17.6. The molecule has 7 heteroatoms. The van der Waals surface area contributed by atoms with Gasteiger partial charge >= 0.3 is 0 Å². The molecule has 0 fully saturated rings. The third-order valence-corrected chi connectivity index (χ3v) is 5.74. The molecule has 0 spiro atoms. The lowest BCUT2D eigenvalue weighted by Crippen LogP contribution is -2.33. The summed E-state index contributed by atoms with van der Waals surface area (Å²) in [4.78, 5) is 26.2. The number of aliphatic imine (C=N–C) groups is 1. The molecule has 0 bridgehead atoms. The van der Waals surface area contributed by atoms with Gasteiger partial charge in [-0.25, -0.2) is 0 Å². The van der Waals surface area contributed by atoms with Crippen LogP contribution in [-0.4, -0.2) is 28.2 Å². The number of pyridine rings is 2. The molecule has 2 aliphatic heterocycles. The van der Waals surface area contributed by atoms with Gasteiger partial charge in [0.15, 0.2) is 0 Å². The molecular weight excluding hydrogens is 402 g/mol. The zero-order chi connectivity index (χ0) is 22.1. The Morgan fingerprint density at radius 1 is 1.25 bits per heavy atom. The Bertz CT molecular complexity index is 1290. The van der Waals surface area contributed by atoms with Crippen molar-refractivity contribution in [3.8, 4) is 11.8 Å². The third kappa shape index (κ3) is 3.83. The van der Waals surface area contributed by atoms with Gasteiger partial charge in [0.25, 0.3) is 0 Å². The van der Waals surface area contributed by atoms with Gasteiger partial charge in [-0.15, -0.1) is 0 Å². The second kappa shape index (κ2) is 8.23. The molecule has 3 aromatic rings. The number of benzene rings is 1. The molecule has 5 rings (SSSR count). The normalized spacial score (nSPS) is 16.2. The van der Waals surface area contributed by atoms with Gasteiger partial charge < -0.3 is 10.1 Å². The Kier molecular flexibility index (Phi) is 5.12. The average molecular weight is 423 g/mol. The number of nitriles is 1. The van der Waals surface area contributed by atoms with Crippen molar-refractivity contribution in [2.45, 2.75) is 32.4 Å². The average Bonchev–Trinajstić information content (AvgIpc) is 3.22. The van der Waals surface area contributed by atoms with Crippen LogP contribution < -0.4 is 10.1 Å². The fourth-order valence-corrected chi connectivity index (χ4v) is 4.20. The molecule has 0 unspecified atom stereocenters. The number of hydrogen-bond donors (Lipinski definition) is 1. The molecule has 1 amide bonds. The number of nitrogens with zero attached hydrogens (tertiary/aromatic N) is 4. The van der Waals surface area contributed by atoms with Gasteiger partial charge in [-0.3, -0.25) is 19.8 Å². The topological polar surface area (TPSA) is 100 Å². The van der Waals surface area contributed by atoms with E-state index in [4.69, 9.17) is 10.00 Å². The molecule has 0 saturated heterocycles. The van der Waals surface area contributed by atoms with Crippen molar-refractivity contribution < 1.29 is 9.53 Å². The highest BCUT2D eigenvalue weighted by molar-refractivity contribution is 6.15. The molecule has 0 radical (unpaired) electrons.